The van der Waals surface area contributed by atoms with E-state index < -0.39 is 6.10 Å². The maximum atomic E-state index is 11.8. The molecule has 4 aliphatic carbocycles. The van der Waals surface area contributed by atoms with Crippen molar-refractivity contribution in [3.8, 4) is 0 Å². The summed E-state index contributed by atoms with van der Waals surface area (Å²) < 4.78 is 0. The molecule has 7 unspecified atom stereocenters. The molecule has 0 aliphatic heterocycles. The Morgan fingerprint density at radius 2 is 1.91 bits per heavy atom. The molecule has 0 aromatic heterocycles. The highest BCUT2D eigenvalue weighted by Crippen LogP contribution is 2.65. The molecule has 0 radical (unpaired) electrons. The van der Waals surface area contributed by atoms with Crippen LogP contribution < -0.4 is 0 Å². The summed E-state index contributed by atoms with van der Waals surface area (Å²) in [6, 6.07) is 0. The minimum atomic E-state index is -0.462. The molecule has 0 aromatic rings. The van der Waals surface area contributed by atoms with Crippen molar-refractivity contribution in [2.24, 2.45) is 28.6 Å². The molecular formula is C19H28O3. The fourth-order valence-electron chi connectivity index (χ4n) is 6.63. The molecule has 0 heterocycles. The topological polar surface area (TPSA) is 57.5 Å². The van der Waals surface area contributed by atoms with Crippen molar-refractivity contribution in [2.75, 3.05) is 0 Å². The Bertz CT molecular complexity index is 539. The third-order valence-electron chi connectivity index (χ3n) is 7.72. The molecule has 122 valence electrons. The number of aliphatic hydroxyl groups is 2. The summed E-state index contributed by atoms with van der Waals surface area (Å²) in [4.78, 5) is 11.8. The molecule has 0 spiro atoms. The largest absolute Gasteiger partial charge is 0.393 e. The highest BCUT2D eigenvalue weighted by molar-refractivity contribution is 5.91. The summed E-state index contributed by atoms with van der Waals surface area (Å²) in [6.07, 6.45) is 7.62. The molecule has 22 heavy (non-hydrogen) atoms. The standard InChI is InChI=1S/C19H28O3/c1-18-5-4-14-13(15(18)8-12(21)10-18)9-17(22)16-7-11(20)3-6-19(14,16)2/h7,12-15,17,21-22H,3-6,8-10H2,1-2H3. The summed E-state index contributed by atoms with van der Waals surface area (Å²) >= 11 is 0. The van der Waals surface area contributed by atoms with E-state index in [0.717, 1.165) is 31.3 Å². The average Bonchev–Trinajstić information content (AvgIpc) is 2.76. The molecule has 7 atom stereocenters. The van der Waals surface area contributed by atoms with Crippen LogP contribution in [0.2, 0.25) is 0 Å². The first-order chi connectivity index (χ1) is 10.3. The molecule has 3 saturated carbocycles. The highest BCUT2D eigenvalue weighted by Gasteiger charge is 2.59. The van der Waals surface area contributed by atoms with Gasteiger partial charge < -0.3 is 10.2 Å². The first-order valence-electron chi connectivity index (χ1n) is 8.94. The van der Waals surface area contributed by atoms with Crippen molar-refractivity contribution in [1.82, 2.24) is 0 Å². The Balaban J connectivity index is 1.72. The first-order valence-corrected chi connectivity index (χ1v) is 8.94. The van der Waals surface area contributed by atoms with Crippen LogP contribution in [0, 0.1) is 28.6 Å². The number of rotatable bonds is 0. The molecule has 0 amide bonds. The number of carbonyl (C=O) groups is 1. The lowest BCUT2D eigenvalue weighted by atomic mass is 9.47. The van der Waals surface area contributed by atoms with Gasteiger partial charge in [0.2, 0.25) is 0 Å². The second-order valence-electron chi connectivity index (χ2n) is 8.90. The lowest BCUT2D eigenvalue weighted by molar-refractivity contribution is -0.118. The van der Waals surface area contributed by atoms with E-state index in [1.54, 1.807) is 6.08 Å². The Labute approximate surface area is 132 Å². The predicted molar refractivity (Wildman–Crippen MR) is 84.1 cm³/mol. The van der Waals surface area contributed by atoms with E-state index in [0.29, 0.717) is 24.2 Å². The van der Waals surface area contributed by atoms with Gasteiger partial charge in [-0.1, -0.05) is 13.8 Å². The summed E-state index contributed by atoms with van der Waals surface area (Å²) in [5.74, 6) is 1.79. The zero-order valence-corrected chi connectivity index (χ0v) is 13.7. The lowest BCUT2D eigenvalue weighted by Crippen LogP contribution is -2.53. The smallest absolute Gasteiger partial charge is 0.155 e. The zero-order valence-electron chi connectivity index (χ0n) is 13.7. The number of hydrogen-bond acceptors (Lipinski definition) is 3. The van der Waals surface area contributed by atoms with Crippen LogP contribution in [0.25, 0.3) is 0 Å². The predicted octanol–water partition coefficient (Wildman–Crippen LogP) is 2.85. The van der Waals surface area contributed by atoms with Gasteiger partial charge in [0, 0.05) is 6.42 Å². The normalized spacial score (nSPS) is 54.3. The first kappa shape index (κ1) is 14.9. The minimum Gasteiger partial charge on any atom is -0.393 e. The Kier molecular flexibility index (Phi) is 3.16. The van der Waals surface area contributed by atoms with Crippen molar-refractivity contribution >= 4 is 5.78 Å². The molecule has 2 N–H and O–H groups in total. The fraction of sp³-hybridized carbons (Fsp3) is 0.842. The van der Waals surface area contributed by atoms with Gasteiger partial charge in [0.1, 0.15) is 0 Å². The summed E-state index contributed by atoms with van der Waals surface area (Å²) in [7, 11) is 0. The van der Waals surface area contributed by atoms with Crippen LogP contribution in [-0.4, -0.2) is 28.2 Å². The number of ketones is 1. The van der Waals surface area contributed by atoms with E-state index >= 15 is 0 Å². The second kappa shape index (κ2) is 4.67. The molecule has 3 nitrogen and oxygen atoms in total. The van der Waals surface area contributed by atoms with Crippen LogP contribution in [0.5, 0.6) is 0 Å². The van der Waals surface area contributed by atoms with Crippen LogP contribution in [0.4, 0.5) is 0 Å². The molecule has 4 rings (SSSR count). The van der Waals surface area contributed by atoms with Gasteiger partial charge in [-0.15, -0.1) is 0 Å². The van der Waals surface area contributed by atoms with Crippen molar-refractivity contribution in [2.45, 2.75) is 71.0 Å². The second-order valence-corrected chi connectivity index (χ2v) is 8.90. The van der Waals surface area contributed by atoms with Gasteiger partial charge in [-0.3, -0.25) is 4.79 Å². The number of carbonyl (C=O) groups excluding carboxylic acids is 1. The lowest BCUT2D eigenvalue weighted by Gasteiger charge is -2.58. The third kappa shape index (κ3) is 1.91. The van der Waals surface area contributed by atoms with E-state index in [-0.39, 0.29) is 22.7 Å². The van der Waals surface area contributed by atoms with E-state index in [1.165, 1.54) is 12.8 Å². The highest BCUT2D eigenvalue weighted by atomic mass is 16.3. The van der Waals surface area contributed by atoms with Crippen LogP contribution in [0.3, 0.4) is 0 Å². The average molecular weight is 304 g/mol. The SMILES string of the molecule is CC12CCC3C(CC(O)C4=CC(=O)CCC43C)C1CC(O)C2. The Hall–Kier alpha value is -0.670. The summed E-state index contributed by atoms with van der Waals surface area (Å²) in [5.41, 5.74) is 1.25. The Morgan fingerprint density at radius 1 is 1.14 bits per heavy atom. The van der Waals surface area contributed by atoms with Crippen LogP contribution in [-0.2, 0) is 4.79 Å². The van der Waals surface area contributed by atoms with Gasteiger partial charge in [0.15, 0.2) is 5.78 Å². The molecule has 0 saturated heterocycles. The van der Waals surface area contributed by atoms with Crippen molar-refractivity contribution in [1.29, 1.82) is 0 Å². The quantitative estimate of drug-likeness (QED) is 0.723. The third-order valence-corrected chi connectivity index (χ3v) is 7.72. The monoisotopic (exact) mass is 304 g/mol. The van der Waals surface area contributed by atoms with E-state index in [2.05, 4.69) is 13.8 Å². The number of fused-ring (bicyclic) bond motifs is 5. The zero-order chi connectivity index (χ0) is 15.7. The van der Waals surface area contributed by atoms with Gasteiger partial charge >= 0.3 is 0 Å². The van der Waals surface area contributed by atoms with Crippen molar-refractivity contribution < 1.29 is 15.0 Å². The van der Waals surface area contributed by atoms with Gasteiger partial charge in [0.25, 0.3) is 0 Å². The molecule has 4 aliphatic rings. The number of aliphatic hydroxyl groups excluding tert-OH is 2. The van der Waals surface area contributed by atoms with E-state index in [4.69, 9.17) is 0 Å². The fourth-order valence-corrected chi connectivity index (χ4v) is 6.63. The Morgan fingerprint density at radius 3 is 2.68 bits per heavy atom. The maximum absolute atomic E-state index is 11.8. The van der Waals surface area contributed by atoms with E-state index in [1.807, 2.05) is 0 Å². The van der Waals surface area contributed by atoms with Crippen LogP contribution >= 0.6 is 0 Å². The van der Waals surface area contributed by atoms with Gasteiger partial charge in [-0.05, 0) is 78.8 Å². The molecule has 0 bridgehead atoms. The van der Waals surface area contributed by atoms with Gasteiger partial charge in [0.05, 0.1) is 12.2 Å². The maximum Gasteiger partial charge on any atom is 0.155 e. The van der Waals surface area contributed by atoms with Gasteiger partial charge in [-0.25, -0.2) is 0 Å². The molecular weight excluding hydrogens is 276 g/mol. The van der Waals surface area contributed by atoms with Crippen molar-refractivity contribution in [3.63, 3.8) is 0 Å². The van der Waals surface area contributed by atoms with Crippen LogP contribution in [0.15, 0.2) is 11.6 Å². The number of hydrogen-bond donors (Lipinski definition) is 2. The molecule has 3 heteroatoms. The molecule has 3 fully saturated rings. The van der Waals surface area contributed by atoms with Gasteiger partial charge in [-0.2, -0.15) is 0 Å². The molecule has 0 aromatic carbocycles. The minimum absolute atomic E-state index is 0.00881. The van der Waals surface area contributed by atoms with Crippen molar-refractivity contribution in [3.05, 3.63) is 11.6 Å². The van der Waals surface area contributed by atoms with Crippen LogP contribution in [0.1, 0.15) is 58.8 Å². The summed E-state index contributed by atoms with van der Waals surface area (Å²) in [6.45, 7) is 4.62. The summed E-state index contributed by atoms with van der Waals surface area (Å²) in [5, 5.41) is 20.9. The van der Waals surface area contributed by atoms with E-state index in [9.17, 15) is 15.0 Å².